The van der Waals surface area contributed by atoms with Crippen LogP contribution in [0, 0.1) is 5.82 Å². The first-order chi connectivity index (χ1) is 12.5. The summed E-state index contributed by atoms with van der Waals surface area (Å²) in [5.74, 6) is -0.0164. The fourth-order valence-electron chi connectivity index (χ4n) is 2.64. The molecule has 0 amide bonds. The predicted octanol–water partition coefficient (Wildman–Crippen LogP) is 2.89. The van der Waals surface area contributed by atoms with Gasteiger partial charge >= 0.3 is 0 Å². The van der Waals surface area contributed by atoms with Crippen molar-refractivity contribution in [1.82, 2.24) is 24.7 Å². The van der Waals surface area contributed by atoms with E-state index in [0.717, 1.165) is 0 Å². The lowest BCUT2D eigenvalue weighted by Crippen LogP contribution is -2.05. The zero-order valence-corrected chi connectivity index (χ0v) is 14.2. The van der Waals surface area contributed by atoms with Gasteiger partial charge in [0, 0.05) is 11.8 Å². The van der Waals surface area contributed by atoms with Crippen molar-refractivity contribution in [3.05, 3.63) is 59.1 Å². The van der Waals surface area contributed by atoms with Crippen LogP contribution < -0.4 is 11.5 Å². The molecule has 4 aromatic rings. The Bertz CT molecular complexity index is 1100. The third kappa shape index (κ3) is 2.70. The van der Waals surface area contributed by atoms with Crippen LogP contribution in [0.2, 0.25) is 5.15 Å². The number of fused-ring (bicyclic) bond motifs is 1. The van der Waals surface area contributed by atoms with Crippen molar-refractivity contribution in [2.75, 3.05) is 11.5 Å². The molecular weight excluding hydrogens is 357 g/mol. The standard InChI is InChI=1S/C17H13ClFN7/c18-14-12(20)15(21)24-16(23-14)13-10-5-3-7-22-17(10)26(25-13)8-9-4-1-2-6-11(9)19/h1-7H,8,20H2,(H2,21,23,24). The van der Waals surface area contributed by atoms with E-state index in [1.807, 2.05) is 6.07 Å². The smallest absolute Gasteiger partial charge is 0.184 e. The van der Waals surface area contributed by atoms with Gasteiger partial charge in [-0.1, -0.05) is 29.8 Å². The molecule has 4 N–H and O–H groups in total. The topological polar surface area (TPSA) is 109 Å². The zero-order chi connectivity index (χ0) is 18.3. The number of anilines is 2. The van der Waals surface area contributed by atoms with Gasteiger partial charge in [0.2, 0.25) is 0 Å². The predicted molar refractivity (Wildman–Crippen MR) is 97.9 cm³/mol. The summed E-state index contributed by atoms with van der Waals surface area (Å²) in [6, 6.07) is 10.1. The molecule has 0 atom stereocenters. The SMILES string of the molecule is Nc1nc(-c2nn(Cc3ccccc3F)c3ncccc23)nc(Cl)c1N. The molecule has 0 aliphatic carbocycles. The van der Waals surface area contributed by atoms with Crippen LogP contribution in [0.3, 0.4) is 0 Å². The van der Waals surface area contributed by atoms with Gasteiger partial charge in [0.15, 0.2) is 22.4 Å². The summed E-state index contributed by atoms with van der Waals surface area (Å²) in [4.78, 5) is 12.7. The fraction of sp³-hybridized carbons (Fsp3) is 0.0588. The molecule has 0 spiro atoms. The summed E-state index contributed by atoms with van der Waals surface area (Å²) in [7, 11) is 0. The van der Waals surface area contributed by atoms with E-state index < -0.39 is 0 Å². The normalized spacial score (nSPS) is 11.2. The van der Waals surface area contributed by atoms with Crippen LogP contribution in [-0.2, 0) is 6.54 Å². The summed E-state index contributed by atoms with van der Waals surface area (Å²) < 4.78 is 15.6. The molecule has 130 valence electrons. The molecule has 4 rings (SSSR count). The number of pyridine rings is 1. The number of halogens is 2. The molecule has 0 aliphatic rings. The lowest BCUT2D eigenvalue weighted by Gasteiger charge is -2.04. The average Bonchev–Trinajstić information content (AvgIpc) is 3.00. The fourth-order valence-corrected chi connectivity index (χ4v) is 2.81. The van der Waals surface area contributed by atoms with Crippen LogP contribution in [0.5, 0.6) is 0 Å². The van der Waals surface area contributed by atoms with Crippen molar-refractivity contribution in [3.63, 3.8) is 0 Å². The van der Waals surface area contributed by atoms with E-state index in [9.17, 15) is 4.39 Å². The third-order valence-corrected chi connectivity index (χ3v) is 4.21. The van der Waals surface area contributed by atoms with E-state index in [-0.39, 0.29) is 34.8 Å². The lowest BCUT2D eigenvalue weighted by atomic mass is 10.2. The van der Waals surface area contributed by atoms with Gasteiger partial charge in [0.05, 0.1) is 11.9 Å². The van der Waals surface area contributed by atoms with Crippen molar-refractivity contribution in [2.24, 2.45) is 0 Å². The van der Waals surface area contributed by atoms with Crippen molar-refractivity contribution >= 4 is 34.1 Å². The van der Waals surface area contributed by atoms with Gasteiger partial charge in [-0.2, -0.15) is 5.10 Å². The third-order valence-electron chi connectivity index (χ3n) is 3.93. The van der Waals surface area contributed by atoms with Gasteiger partial charge in [0.1, 0.15) is 17.2 Å². The highest BCUT2D eigenvalue weighted by molar-refractivity contribution is 6.32. The van der Waals surface area contributed by atoms with Gasteiger partial charge in [0.25, 0.3) is 0 Å². The minimum absolute atomic E-state index is 0.0493. The van der Waals surface area contributed by atoms with E-state index in [4.69, 9.17) is 23.1 Å². The second kappa shape index (κ2) is 6.23. The Morgan fingerprint density at radius 3 is 2.65 bits per heavy atom. The molecule has 0 fully saturated rings. The van der Waals surface area contributed by atoms with Crippen molar-refractivity contribution in [2.45, 2.75) is 6.54 Å². The Morgan fingerprint density at radius 1 is 1.08 bits per heavy atom. The molecule has 0 saturated heterocycles. The maximum absolute atomic E-state index is 14.0. The minimum atomic E-state index is -0.315. The van der Waals surface area contributed by atoms with Crippen molar-refractivity contribution in [1.29, 1.82) is 0 Å². The zero-order valence-electron chi connectivity index (χ0n) is 13.4. The number of aromatic nitrogens is 5. The van der Waals surface area contributed by atoms with Crippen LogP contribution in [0.1, 0.15) is 5.56 Å². The van der Waals surface area contributed by atoms with E-state index in [2.05, 4.69) is 20.1 Å². The van der Waals surface area contributed by atoms with Crippen molar-refractivity contribution < 1.29 is 4.39 Å². The molecule has 0 aliphatic heterocycles. The van der Waals surface area contributed by atoms with E-state index in [1.54, 1.807) is 35.1 Å². The molecule has 0 bridgehead atoms. The maximum Gasteiger partial charge on any atom is 0.184 e. The molecule has 26 heavy (non-hydrogen) atoms. The molecule has 0 unspecified atom stereocenters. The Kier molecular flexibility index (Phi) is 3.89. The van der Waals surface area contributed by atoms with Crippen LogP contribution in [-0.4, -0.2) is 24.7 Å². The summed E-state index contributed by atoms with van der Waals surface area (Å²) in [5, 5.41) is 5.26. The molecule has 1 aromatic carbocycles. The van der Waals surface area contributed by atoms with Crippen LogP contribution in [0.25, 0.3) is 22.6 Å². The number of hydrogen-bond acceptors (Lipinski definition) is 6. The number of nitrogens with zero attached hydrogens (tertiary/aromatic N) is 5. The van der Waals surface area contributed by atoms with E-state index >= 15 is 0 Å². The number of benzene rings is 1. The largest absolute Gasteiger partial charge is 0.393 e. The number of rotatable bonds is 3. The van der Waals surface area contributed by atoms with Gasteiger partial charge in [-0.15, -0.1) is 0 Å². The van der Waals surface area contributed by atoms with Gasteiger partial charge in [-0.05, 0) is 18.2 Å². The second-order valence-electron chi connectivity index (χ2n) is 5.61. The van der Waals surface area contributed by atoms with E-state index in [0.29, 0.717) is 22.3 Å². The Balaban J connectivity index is 1.89. The Morgan fingerprint density at radius 2 is 1.88 bits per heavy atom. The lowest BCUT2D eigenvalue weighted by molar-refractivity contribution is 0.589. The maximum atomic E-state index is 14.0. The van der Waals surface area contributed by atoms with Gasteiger partial charge in [-0.3, -0.25) is 0 Å². The number of hydrogen-bond donors (Lipinski definition) is 2. The summed E-state index contributed by atoms with van der Waals surface area (Å²) in [6.45, 7) is 0.207. The molecule has 3 aromatic heterocycles. The number of nitrogens with two attached hydrogens (primary N) is 2. The molecule has 0 saturated carbocycles. The highest BCUT2D eigenvalue weighted by Gasteiger charge is 2.18. The highest BCUT2D eigenvalue weighted by Crippen LogP contribution is 2.29. The highest BCUT2D eigenvalue weighted by atomic mass is 35.5. The Hall–Kier alpha value is -3.26. The second-order valence-corrected chi connectivity index (χ2v) is 5.97. The Labute approximate surface area is 152 Å². The first-order valence-corrected chi connectivity index (χ1v) is 8.06. The summed E-state index contributed by atoms with van der Waals surface area (Å²) >= 11 is 6.02. The molecule has 3 heterocycles. The molecular formula is C17H13ClFN7. The monoisotopic (exact) mass is 369 g/mol. The van der Waals surface area contributed by atoms with Gasteiger partial charge < -0.3 is 11.5 Å². The molecule has 0 radical (unpaired) electrons. The summed E-state index contributed by atoms with van der Waals surface area (Å²) in [5.41, 5.74) is 13.1. The van der Waals surface area contributed by atoms with E-state index in [1.165, 1.54) is 6.07 Å². The van der Waals surface area contributed by atoms with Crippen LogP contribution in [0.15, 0.2) is 42.6 Å². The summed E-state index contributed by atoms with van der Waals surface area (Å²) in [6.07, 6.45) is 1.64. The van der Waals surface area contributed by atoms with Gasteiger partial charge in [-0.25, -0.2) is 24.0 Å². The average molecular weight is 370 g/mol. The first-order valence-electron chi connectivity index (χ1n) is 7.68. The van der Waals surface area contributed by atoms with Crippen molar-refractivity contribution in [3.8, 4) is 11.5 Å². The molecule has 7 nitrogen and oxygen atoms in total. The van der Waals surface area contributed by atoms with Crippen LogP contribution >= 0.6 is 11.6 Å². The number of nitrogen functional groups attached to an aromatic ring is 2. The first kappa shape index (κ1) is 16.2. The van der Waals surface area contributed by atoms with Crippen LogP contribution in [0.4, 0.5) is 15.9 Å². The quantitative estimate of drug-likeness (QED) is 0.537. The minimum Gasteiger partial charge on any atom is -0.393 e. The molecule has 9 heteroatoms.